The van der Waals surface area contributed by atoms with Crippen molar-refractivity contribution in [3.8, 4) is 5.75 Å². The molecular weight excluding hydrogens is 236 g/mol. The van der Waals surface area contributed by atoms with Crippen molar-refractivity contribution < 1.29 is 4.74 Å². The largest absolute Gasteiger partial charge is 0.491 e. The molecular formula is C16H20N2O. The van der Waals surface area contributed by atoms with E-state index in [0.29, 0.717) is 6.54 Å². The fourth-order valence-electron chi connectivity index (χ4n) is 1.78. The molecule has 0 atom stereocenters. The molecule has 0 aromatic heterocycles. The summed E-state index contributed by atoms with van der Waals surface area (Å²) in [6.07, 6.45) is 0.197. The molecule has 3 heteroatoms. The van der Waals surface area contributed by atoms with Crippen LogP contribution in [0.15, 0.2) is 48.5 Å². The second-order valence-corrected chi connectivity index (χ2v) is 4.72. The lowest BCUT2D eigenvalue weighted by Gasteiger charge is -2.11. The minimum absolute atomic E-state index is 0.197. The third-order valence-corrected chi connectivity index (χ3v) is 2.70. The van der Waals surface area contributed by atoms with E-state index in [-0.39, 0.29) is 6.10 Å². The average Bonchev–Trinajstić information content (AvgIpc) is 2.41. The highest BCUT2D eigenvalue weighted by atomic mass is 16.5. The van der Waals surface area contributed by atoms with Crippen LogP contribution >= 0.6 is 0 Å². The van der Waals surface area contributed by atoms with Crippen molar-refractivity contribution in [2.45, 2.75) is 26.5 Å². The highest BCUT2D eigenvalue weighted by Crippen LogP contribution is 2.21. The second-order valence-electron chi connectivity index (χ2n) is 4.72. The molecule has 0 spiro atoms. The zero-order valence-corrected chi connectivity index (χ0v) is 11.4. The minimum atomic E-state index is 0.197. The molecule has 3 N–H and O–H groups in total. The standard InChI is InChI=1S/C16H20N2O/c1-12(2)19-16-9-7-15(8-10-16)18-14-5-3-13(11-17)4-6-14/h3-10,12,18H,11,17H2,1-2H3. The first-order chi connectivity index (χ1) is 9.17. The van der Waals surface area contributed by atoms with Gasteiger partial charge >= 0.3 is 0 Å². The van der Waals surface area contributed by atoms with Gasteiger partial charge in [-0.1, -0.05) is 12.1 Å². The first-order valence-corrected chi connectivity index (χ1v) is 6.50. The summed E-state index contributed by atoms with van der Waals surface area (Å²) in [4.78, 5) is 0. The van der Waals surface area contributed by atoms with Crippen molar-refractivity contribution in [3.05, 3.63) is 54.1 Å². The van der Waals surface area contributed by atoms with Crippen LogP contribution in [-0.4, -0.2) is 6.10 Å². The number of hydrogen-bond acceptors (Lipinski definition) is 3. The van der Waals surface area contributed by atoms with Gasteiger partial charge in [0, 0.05) is 17.9 Å². The first-order valence-electron chi connectivity index (χ1n) is 6.50. The van der Waals surface area contributed by atoms with Gasteiger partial charge in [0.25, 0.3) is 0 Å². The van der Waals surface area contributed by atoms with Crippen LogP contribution in [0.25, 0.3) is 0 Å². The van der Waals surface area contributed by atoms with Crippen molar-refractivity contribution in [2.75, 3.05) is 5.32 Å². The van der Waals surface area contributed by atoms with Gasteiger partial charge in [-0.3, -0.25) is 0 Å². The number of nitrogens with two attached hydrogens (primary N) is 1. The van der Waals surface area contributed by atoms with Gasteiger partial charge in [-0.05, 0) is 55.8 Å². The first kappa shape index (κ1) is 13.4. The molecule has 0 radical (unpaired) electrons. The maximum Gasteiger partial charge on any atom is 0.119 e. The smallest absolute Gasteiger partial charge is 0.119 e. The van der Waals surface area contributed by atoms with Crippen molar-refractivity contribution in [1.29, 1.82) is 0 Å². The van der Waals surface area contributed by atoms with E-state index < -0.39 is 0 Å². The van der Waals surface area contributed by atoms with E-state index >= 15 is 0 Å². The van der Waals surface area contributed by atoms with E-state index in [1.165, 1.54) is 0 Å². The molecule has 0 heterocycles. The maximum atomic E-state index is 5.61. The second kappa shape index (κ2) is 6.25. The topological polar surface area (TPSA) is 47.3 Å². The van der Waals surface area contributed by atoms with Crippen LogP contribution in [0.1, 0.15) is 19.4 Å². The van der Waals surface area contributed by atoms with Crippen LogP contribution < -0.4 is 15.8 Å². The summed E-state index contributed by atoms with van der Waals surface area (Å²) in [7, 11) is 0. The number of anilines is 2. The Kier molecular flexibility index (Phi) is 4.42. The van der Waals surface area contributed by atoms with Gasteiger partial charge in [0.1, 0.15) is 5.75 Å². The van der Waals surface area contributed by atoms with Crippen molar-refractivity contribution in [3.63, 3.8) is 0 Å². The molecule has 0 amide bonds. The summed E-state index contributed by atoms with van der Waals surface area (Å²) in [5.74, 6) is 0.888. The Morgan fingerprint density at radius 2 is 1.47 bits per heavy atom. The van der Waals surface area contributed by atoms with Gasteiger partial charge in [-0.15, -0.1) is 0 Å². The summed E-state index contributed by atoms with van der Waals surface area (Å²) in [5.41, 5.74) is 8.79. The number of benzene rings is 2. The molecule has 0 aliphatic rings. The van der Waals surface area contributed by atoms with Gasteiger partial charge in [0.15, 0.2) is 0 Å². The fraction of sp³-hybridized carbons (Fsp3) is 0.250. The number of rotatable bonds is 5. The highest BCUT2D eigenvalue weighted by molar-refractivity contribution is 5.60. The van der Waals surface area contributed by atoms with Crippen LogP contribution in [0.3, 0.4) is 0 Å². The molecule has 2 aromatic rings. The average molecular weight is 256 g/mol. The third kappa shape index (κ3) is 4.00. The fourth-order valence-corrected chi connectivity index (χ4v) is 1.78. The number of hydrogen-bond donors (Lipinski definition) is 2. The summed E-state index contributed by atoms with van der Waals surface area (Å²) < 4.78 is 5.61. The van der Waals surface area contributed by atoms with E-state index in [4.69, 9.17) is 10.5 Å². The van der Waals surface area contributed by atoms with Gasteiger partial charge < -0.3 is 15.8 Å². The molecule has 0 aliphatic heterocycles. The molecule has 100 valence electrons. The quantitative estimate of drug-likeness (QED) is 0.858. The summed E-state index contributed by atoms with van der Waals surface area (Å²) in [6, 6.07) is 16.1. The van der Waals surface area contributed by atoms with Crippen molar-refractivity contribution in [2.24, 2.45) is 5.73 Å². The Labute approximate surface area is 114 Å². The predicted molar refractivity (Wildman–Crippen MR) is 79.8 cm³/mol. The Hall–Kier alpha value is -2.00. The molecule has 0 saturated carbocycles. The summed E-state index contributed by atoms with van der Waals surface area (Å²) in [5, 5.41) is 3.34. The van der Waals surface area contributed by atoms with E-state index in [1.807, 2.05) is 62.4 Å². The number of ether oxygens (including phenoxy) is 1. The molecule has 0 bridgehead atoms. The highest BCUT2D eigenvalue weighted by Gasteiger charge is 1.99. The molecule has 3 nitrogen and oxygen atoms in total. The lowest BCUT2D eigenvalue weighted by molar-refractivity contribution is 0.242. The van der Waals surface area contributed by atoms with E-state index in [1.54, 1.807) is 0 Å². The van der Waals surface area contributed by atoms with Crippen LogP contribution in [0.2, 0.25) is 0 Å². The number of nitrogens with one attached hydrogen (secondary N) is 1. The summed E-state index contributed by atoms with van der Waals surface area (Å²) in [6.45, 7) is 4.61. The van der Waals surface area contributed by atoms with E-state index in [2.05, 4.69) is 5.32 Å². The maximum absolute atomic E-state index is 5.61. The molecule has 2 rings (SSSR count). The Morgan fingerprint density at radius 1 is 0.947 bits per heavy atom. The molecule has 0 unspecified atom stereocenters. The molecule has 0 fully saturated rings. The van der Waals surface area contributed by atoms with Crippen LogP contribution in [0, 0.1) is 0 Å². The van der Waals surface area contributed by atoms with Crippen LogP contribution in [0.5, 0.6) is 5.75 Å². The van der Waals surface area contributed by atoms with Crippen molar-refractivity contribution in [1.82, 2.24) is 0 Å². The zero-order chi connectivity index (χ0) is 13.7. The third-order valence-electron chi connectivity index (χ3n) is 2.70. The van der Waals surface area contributed by atoms with Gasteiger partial charge in [0.05, 0.1) is 6.10 Å². The molecule has 0 saturated heterocycles. The normalized spacial score (nSPS) is 10.5. The lowest BCUT2D eigenvalue weighted by Crippen LogP contribution is -2.05. The molecule has 19 heavy (non-hydrogen) atoms. The monoisotopic (exact) mass is 256 g/mol. The minimum Gasteiger partial charge on any atom is -0.491 e. The van der Waals surface area contributed by atoms with Gasteiger partial charge in [-0.2, -0.15) is 0 Å². The lowest BCUT2D eigenvalue weighted by atomic mass is 10.2. The Bertz CT molecular complexity index is 503. The molecule has 0 aliphatic carbocycles. The summed E-state index contributed by atoms with van der Waals surface area (Å²) >= 11 is 0. The van der Waals surface area contributed by atoms with Gasteiger partial charge in [0.2, 0.25) is 0 Å². The molecule has 2 aromatic carbocycles. The zero-order valence-electron chi connectivity index (χ0n) is 11.4. The van der Waals surface area contributed by atoms with Crippen molar-refractivity contribution >= 4 is 11.4 Å². The van der Waals surface area contributed by atoms with E-state index in [9.17, 15) is 0 Å². The van der Waals surface area contributed by atoms with Crippen LogP contribution in [0.4, 0.5) is 11.4 Å². The predicted octanol–water partition coefficient (Wildman–Crippen LogP) is 3.68. The Morgan fingerprint density at radius 3 is 1.95 bits per heavy atom. The SMILES string of the molecule is CC(C)Oc1ccc(Nc2ccc(CN)cc2)cc1. The Balaban J connectivity index is 2.02. The van der Waals surface area contributed by atoms with E-state index in [0.717, 1.165) is 22.7 Å². The van der Waals surface area contributed by atoms with Crippen LogP contribution in [-0.2, 0) is 6.54 Å². The van der Waals surface area contributed by atoms with Gasteiger partial charge in [-0.25, -0.2) is 0 Å².